The molecule has 134 valence electrons. The number of morpholine rings is 1. The van der Waals surface area contributed by atoms with Crippen molar-refractivity contribution >= 4 is 23.4 Å². The highest BCUT2D eigenvalue weighted by molar-refractivity contribution is 5.94. The molecule has 1 fully saturated rings. The van der Waals surface area contributed by atoms with Crippen LogP contribution >= 0.6 is 0 Å². The molecule has 0 amide bonds. The van der Waals surface area contributed by atoms with Crippen LogP contribution in [0.5, 0.6) is 0 Å². The van der Waals surface area contributed by atoms with E-state index >= 15 is 0 Å². The third-order valence-corrected chi connectivity index (χ3v) is 4.65. The van der Waals surface area contributed by atoms with Crippen molar-refractivity contribution in [1.29, 1.82) is 5.41 Å². The van der Waals surface area contributed by atoms with E-state index in [-0.39, 0.29) is 12.2 Å². The largest absolute Gasteiger partial charge is 0.398 e. The maximum Gasteiger partial charge on any atom is 0.154 e. The van der Waals surface area contributed by atoms with Crippen LogP contribution in [-0.2, 0) is 4.74 Å². The number of nitrogens with one attached hydrogen (secondary N) is 1. The lowest BCUT2D eigenvalue weighted by Crippen LogP contribution is -2.46. The molecular formula is C19H22N6O. The van der Waals surface area contributed by atoms with Gasteiger partial charge < -0.3 is 20.8 Å². The Kier molecular flexibility index (Phi) is 4.08. The summed E-state index contributed by atoms with van der Waals surface area (Å²) < 4.78 is 7.64. The summed E-state index contributed by atoms with van der Waals surface area (Å²) in [4.78, 5) is 6.69. The van der Waals surface area contributed by atoms with Crippen LogP contribution in [0.2, 0.25) is 0 Å². The highest BCUT2D eigenvalue weighted by Crippen LogP contribution is 2.28. The Bertz CT molecular complexity index is 956. The monoisotopic (exact) mass is 350 g/mol. The van der Waals surface area contributed by atoms with Gasteiger partial charge in [-0.2, -0.15) is 0 Å². The van der Waals surface area contributed by atoms with Crippen molar-refractivity contribution in [3.63, 3.8) is 0 Å². The molecule has 1 aliphatic rings. The highest BCUT2D eigenvalue weighted by Gasteiger charge is 2.24. The van der Waals surface area contributed by atoms with Gasteiger partial charge in [-0.1, -0.05) is 12.1 Å². The summed E-state index contributed by atoms with van der Waals surface area (Å²) in [6.07, 6.45) is 3.38. The maximum atomic E-state index is 7.71. The summed E-state index contributed by atoms with van der Waals surface area (Å²) in [5.74, 6) is 0.888. The van der Waals surface area contributed by atoms with Gasteiger partial charge in [-0.15, -0.1) is 5.10 Å². The number of ether oxygens (including phenoxy) is 1. The number of fused-ring (bicyclic) bond motifs is 1. The van der Waals surface area contributed by atoms with Crippen LogP contribution in [0.25, 0.3) is 16.9 Å². The molecule has 2 atom stereocenters. The predicted molar refractivity (Wildman–Crippen MR) is 103 cm³/mol. The molecule has 7 nitrogen and oxygen atoms in total. The second-order valence-corrected chi connectivity index (χ2v) is 6.72. The van der Waals surface area contributed by atoms with Crippen LogP contribution in [0, 0.1) is 5.41 Å². The number of anilines is 2. The Balaban J connectivity index is 1.81. The van der Waals surface area contributed by atoms with Gasteiger partial charge in [0.2, 0.25) is 0 Å². The lowest BCUT2D eigenvalue weighted by molar-refractivity contribution is -0.00551. The van der Waals surface area contributed by atoms with E-state index in [9.17, 15) is 0 Å². The van der Waals surface area contributed by atoms with Crippen LogP contribution in [0.4, 0.5) is 11.5 Å². The fraction of sp³-hybridized carbons (Fsp3) is 0.316. The number of aromatic nitrogens is 3. The number of hydrogen-bond donors (Lipinski definition) is 2. The number of rotatable bonds is 3. The van der Waals surface area contributed by atoms with E-state index in [2.05, 4.69) is 23.7 Å². The molecule has 2 aromatic heterocycles. The van der Waals surface area contributed by atoms with E-state index in [0.717, 1.165) is 35.8 Å². The third kappa shape index (κ3) is 2.80. The zero-order chi connectivity index (χ0) is 18.3. The second-order valence-electron chi connectivity index (χ2n) is 6.72. The van der Waals surface area contributed by atoms with Crippen molar-refractivity contribution in [3.05, 3.63) is 42.1 Å². The maximum absolute atomic E-state index is 7.71. The van der Waals surface area contributed by atoms with Gasteiger partial charge in [-0.05, 0) is 32.0 Å². The molecule has 1 saturated heterocycles. The highest BCUT2D eigenvalue weighted by atomic mass is 16.5. The summed E-state index contributed by atoms with van der Waals surface area (Å²) in [5, 5.41) is 12.5. The molecule has 26 heavy (non-hydrogen) atoms. The molecular weight excluding hydrogens is 328 g/mol. The average Bonchev–Trinajstić information content (AvgIpc) is 3.03. The third-order valence-electron chi connectivity index (χ3n) is 4.65. The van der Waals surface area contributed by atoms with E-state index in [4.69, 9.17) is 21.0 Å². The first-order chi connectivity index (χ1) is 12.6. The van der Waals surface area contributed by atoms with Crippen molar-refractivity contribution in [2.45, 2.75) is 26.1 Å². The van der Waals surface area contributed by atoms with Crippen LogP contribution in [0.15, 0.2) is 36.5 Å². The Labute approximate surface area is 151 Å². The molecule has 3 aromatic rings. The number of benzene rings is 1. The van der Waals surface area contributed by atoms with Crippen LogP contribution in [-0.4, -0.2) is 46.1 Å². The number of imidazole rings is 1. The molecule has 0 saturated carbocycles. The molecule has 4 rings (SSSR count). The summed E-state index contributed by atoms with van der Waals surface area (Å²) in [6.45, 7) is 5.76. The standard InChI is InChI=1S/C19H22N6O/c1-12-10-24(11-13(2)26-12)19-7-6-18-22-9-17(25(18)23-19)14-4-3-5-16(21)15(14)8-20/h3-9,12-13,20H,10-11,21H2,1-2H3/t12-,13+. The van der Waals surface area contributed by atoms with Gasteiger partial charge in [0, 0.05) is 36.1 Å². The van der Waals surface area contributed by atoms with Gasteiger partial charge >= 0.3 is 0 Å². The van der Waals surface area contributed by atoms with Crippen molar-refractivity contribution < 1.29 is 4.74 Å². The van der Waals surface area contributed by atoms with Crippen LogP contribution in [0.3, 0.4) is 0 Å². The van der Waals surface area contributed by atoms with E-state index in [1.807, 2.05) is 28.8 Å². The topological polar surface area (TPSA) is 92.5 Å². The Morgan fingerprint density at radius 3 is 2.69 bits per heavy atom. The number of hydrogen-bond acceptors (Lipinski definition) is 6. The van der Waals surface area contributed by atoms with Gasteiger partial charge in [0.15, 0.2) is 5.65 Å². The first-order valence-corrected chi connectivity index (χ1v) is 8.71. The fourth-order valence-corrected chi connectivity index (χ4v) is 3.55. The minimum Gasteiger partial charge on any atom is -0.398 e. The minimum atomic E-state index is 0.164. The first kappa shape index (κ1) is 16.5. The lowest BCUT2D eigenvalue weighted by Gasteiger charge is -2.35. The van der Waals surface area contributed by atoms with Gasteiger partial charge in [0.05, 0.1) is 24.1 Å². The van der Waals surface area contributed by atoms with Crippen LogP contribution < -0.4 is 10.6 Å². The molecule has 7 heteroatoms. The Morgan fingerprint density at radius 2 is 1.96 bits per heavy atom. The van der Waals surface area contributed by atoms with Crippen molar-refractivity contribution in [3.8, 4) is 11.3 Å². The quantitative estimate of drug-likeness (QED) is 0.559. The first-order valence-electron chi connectivity index (χ1n) is 8.71. The molecule has 1 aromatic carbocycles. The van der Waals surface area contributed by atoms with Crippen molar-refractivity contribution in [2.24, 2.45) is 0 Å². The predicted octanol–water partition coefficient (Wildman–Crippen LogP) is 2.59. The summed E-state index contributed by atoms with van der Waals surface area (Å²) in [6, 6.07) is 9.57. The van der Waals surface area contributed by atoms with E-state index in [1.165, 1.54) is 6.21 Å². The second kappa shape index (κ2) is 6.42. The molecule has 0 aliphatic carbocycles. The lowest BCUT2D eigenvalue weighted by atomic mass is 10.0. The molecule has 0 unspecified atom stereocenters. The molecule has 1 aliphatic heterocycles. The Morgan fingerprint density at radius 1 is 1.19 bits per heavy atom. The number of nitrogens with zero attached hydrogens (tertiary/aromatic N) is 4. The van der Waals surface area contributed by atoms with Gasteiger partial charge in [-0.3, -0.25) is 0 Å². The normalized spacial score (nSPS) is 20.5. The zero-order valence-corrected chi connectivity index (χ0v) is 14.9. The molecule has 3 N–H and O–H groups in total. The molecule has 0 bridgehead atoms. The summed E-state index contributed by atoms with van der Waals surface area (Å²) in [7, 11) is 0. The van der Waals surface area contributed by atoms with Crippen molar-refractivity contribution in [2.75, 3.05) is 23.7 Å². The summed E-state index contributed by atoms with van der Waals surface area (Å²) in [5.41, 5.74) is 9.71. The van der Waals surface area contributed by atoms with E-state index < -0.39 is 0 Å². The molecule has 3 heterocycles. The smallest absolute Gasteiger partial charge is 0.154 e. The summed E-state index contributed by atoms with van der Waals surface area (Å²) >= 11 is 0. The van der Waals surface area contributed by atoms with E-state index in [1.54, 1.807) is 12.3 Å². The average molecular weight is 350 g/mol. The van der Waals surface area contributed by atoms with Gasteiger partial charge in [0.25, 0.3) is 0 Å². The van der Waals surface area contributed by atoms with Crippen molar-refractivity contribution in [1.82, 2.24) is 14.6 Å². The molecule has 0 spiro atoms. The fourth-order valence-electron chi connectivity index (χ4n) is 3.55. The SMILES string of the molecule is C[C@@H]1CN(c2ccc3ncc(-c4cccc(N)c4C=N)n3n2)C[C@H](C)O1. The number of nitrogen functional groups attached to an aromatic ring is 1. The Hall–Kier alpha value is -2.93. The van der Waals surface area contributed by atoms with Gasteiger partial charge in [-0.25, -0.2) is 9.50 Å². The number of nitrogens with two attached hydrogens (primary N) is 1. The zero-order valence-electron chi connectivity index (χ0n) is 14.9. The molecule has 0 radical (unpaired) electrons. The van der Waals surface area contributed by atoms with Crippen LogP contribution in [0.1, 0.15) is 19.4 Å². The minimum absolute atomic E-state index is 0.164. The van der Waals surface area contributed by atoms with E-state index in [0.29, 0.717) is 11.3 Å². The van der Waals surface area contributed by atoms with Gasteiger partial charge in [0.1, 0.15) is 5.82 Å².